The van der Waals surface area contributed by atoms with E-state index in [1.165, 1.54) is 0 Å². The van der Waals surface area contributed by atoms with Gasteiger partial charge in [-0.05, 0) is 0 Å². The van der Waals surface area contributed by atoms with E-state index in [0.29, 0.717) is 0 Å². The number of benzene rings is 2. The Morgan fingerprint density at radius 1 is 0.435 bits per heavy atom. The maximum atomic E-state index is 10.1. The first kappa shape index (κ1) is 20.0. The first-order valence-electron chi connectivity index (χ1n) is 5.33. The van der Waals surface area contributed by atoms with Crippen LogP contribution in [0.4, 0.5) is 0 Å². The molecule has 2 aromatic carbocycles. The van der Waals surface area contributed by atoms with Gasteiger partial charge in [-0.2, -0.15) is 0 Å². The highest BCUT2D eigenvalue weighted by Gasteiger charge is 2.26. The van der Waals surface area contributed by atoms with Crippen molar-refractivity contribution in [2.45, 2.75) is 0 Å². The van der Waals surface area contributed by atoms with E-state index in [2.05, 4.69) is 0 Å². The number of aromatic hydroxyl groups is 1. The zero-order chi connectivity index (χ0) is 17.6. The second-order valence-electron chi connectivity index (χ2n) is 3.93. The lowest BCUT2D eigenvalue weighted by Crippen LogP contribution is -1.92. The largest absolute Gasteiger partial charge is 0.503 e. The topological polar surface area (TPSA) is 29.5 Å². The fourth-order valence-electron chi connectivity index (χ4n) is 1.47. The van der Waals surface area contributed by atoms with E-state index in [-0.39, 0.29) is 56.7 Å². The first-order chi connectivity index (χ1) is 10.6. The van der Waals surface area contributed by atoms with Gasteiger partial charge in [0.2, 0.25) is 0 Å². The molecule has 0 saturated carbocycles. The third-order valence-electron chi connectivity index (χ3n) is 2.57. The van der Waals surface area contributed by atoms with Crippen molar-refractivity contribution in [2.75, 3.05) is 0 Å². The number of hydrogen-bond donors (Lipinski definition) is 1. The molecule has 0 fully saturated rings. The summed E-state index contributed by atoms with van der Waals surface area (Å²) in [5.74, 6) is -1.09. The molecule has 0 unspecified atom stereocenters. The van der Waals surface area contributed by atoms with Crippen LogP contribution in [0.1, 0.15) is 0 Å². The quantitative estimate of drug-likeness (QED) is 0.332. The summed E-state index contributed by atoms with van der Waals surface area (Å²) < 4.78 is 5.43. The number of rotatable bonds is 2. The van der Waals surface area contributed by atoms with Gasteiger partial charge in [-0.25, -0.2) is 0 Å². The first-order valence-corrected chi connectivity index (χ1v) is 8.73. The molecule has 0 aliphatic heterocycles. The van der Waals surface area contributed by atoms with Gasteiger partial charge in [0.25, 0.3) is 0 Å². The Hall–Kier alpha value is 0.650. The summed E-state index contributed by atoms with van der Waals surface area (Å²) in [5.41, 5.74) is 0. The van der Waals surface area contributed by atoms with Crippen LogP contribution in [0.25, 0.3) is 0 Å². The molecule has 124 valence electrons. The summed E-state index contributed by atoms with van der Waals surface area (Å²) in [4.78, 5) is 0. The minimum atomic E-state index is -0.569. The van der Waals surface area contributed by atoms with E-state index in [0.717, 1.165) is 0 Å². The molecule has 0 spiro atoms. The number of ether oxygens (including phenoxy) is 1. The number of halogens is 9. The van der Waals surface area contributed by atoms with Crippen LogP contribution >= 0.6 is 104 Å². The maximum absolute atomic E-state index is 10.1. The fraction of sp³-hybridized carbons (Fsp3) is 0. The van der Waals surface area contributed by atoms with Crippen LogP contribution in [0.3, 0.4) is 0 Å². The van der Waals surface area contributed by atoms with Crippen LogP contribution in [0.15, 0.2) is 0 Å². The summed E-state index contributed by atoms with van der Waals surface area (Å²) in [7, 11) is 0. The SMILES string of the molecule is Oc1c(Cl)c(Cl)c(Cl)c(Cl)c1Oc1c(Cl)c(Cl)c(Cl)c(Cl)c1Cl. The molecule has 0 aliphatic carbocycles. The van der Waals surface area contributed by atoms with Crippen LogP contribution in [0.5, 0.6) is 17.2 Å². The van der Waals surface area contributed by atoms with Crippen molar-refractivity contribution in [3.63, 3.8) is 0 Å². The van der Waals surface area contributed by atoms with E-state index in [1.54, 1.807) is 0 Å². The highest BCUT2D eigenvalue weighted by Crippen LogP contribution is 2.54. The zero-order valence-electron chi connectivity index (χ0n) is 10.3. The molecule has 0 bridgehead atoms. The van der Waals surface area contributed by atoms with Crippen LogP contribution < -0.4 is 4.74 Å². The van der Waals surface area contributed by atoms with Gasteiger partial charge in [0.1, 0.15) is 20.1 Å². The van der Waals surface area contributed by atoms with Gasteiger partial charge in [-0.1, -0.05) is 104 Å². The van der Waals surface area contributed by atoms with Gasteiger partial charge in [0.15, 0.2) is 17.2 Å². The summed E-state index contributed by atoms with van der Waals surface area (Å²) >= 11 is 53.4. The monoisotopic (exact) mass is 492 g/mol. The molecule has 0 atom stereocenters. The molecule has 0 amide bonds. The Labute approximate surface area is 175 Å². The molecule has 2 aromatic rings. The average molecular weight is 496 g/mol. The van der Waals surface area contributed by atoms with E-state index in [9.17, 15) is 5.11 Å². The normalized spacial score (nSPS) is 11.0. The summed E-state index contributed by atoms with van der Waals surface area (Å²) in [5, 5.41) is 8.74. The molecule has 0 radical (unpaired) electrons. The Kier molecular flexibility index (Phi) is 6.50. The van der Waals surface area contributed by atoms with Crippen molar-refractivity contribution in [3.8, 4) is 17.2 Å². The van der Waals surface area contributed by atoms with Crippen LogP contribution in [0.2, 0.25) is 45.2 Å². The van der Waals surface area contributed by atoms with Gasteiger partial charge in [0, 0.05) is 0 Å². The minimum Gasteiger partial charge on any atom is -0.503 e. The highest BCUT2D eigenvalue weighted by molar-refractivity contribution is 6.56. The molecule has 11 heteroatoms. The standard InChI is InChI=1S/C12HCl9O2/c13-1-3(15)7(19)11(8(20)4(1)16)23-12-9(21)5(17)2(14)6(18)10(12)22/h22H. The van der Waals surface area contributed by atoms with E-state index >= 15 is 0 Å². The van der Waals surface area contributed by atoms with Crippen LogP contribution in [-0.2, 0) is 0 Å². The van der Waals surface area contributed by atoms with Gasteiger partial charge < -0.3 is 9.84 Å². The second kappa shape index (κ2) is 7.49. The summed E-state index contributed by atoms with van der Waals surface area (Å²) in [6.07, 6.45) is 0. The van der Waals surface area contributed by atoms with Gasteiger partial charge >= 0.3 is 0 Å². The lowest BCUT2D eigenvalue weighted by molar-refractivity contribution is 0.412. The number of phenols is 1. The van der Waals surface area contributed by atoms with Crippen molar-refractivity contribution in [2.24, 2.45) is 0 Å². The average Bonchev–Trinajstić information content (AvgIpc) is 2.54. The van der Waals surface area contributed by atoms with Crippen molar-refractivity contribution in [1.82, 2.24) is 0 Å². The van der Waals surface area contributed by atoms with Crippen LogP contribution in [-0.4, -0.2) is 5.11 Å². The summed E-state index contributed by atoms with van der Waals surface area (Å²) in [6.45, 7) is 0. The van der Waals surface area contributed by atoms with Crippen LogP contribution in [0, 0.1) is 0 Å². The Morgan fingerprint density at radius 3 is 1.17 bits per heavy atom. The lowest BCUT2D eigenvalue weighted by Gasteiger charge is -2.16. The second-order valence-corrected chi connectivity index (χ2v) is 7.34. The Morgan fingerprint density at radius 2 is 0.739 bits per heavy atom. The zero-order valence-corrected chi connectivity index (χ0v) is 17.1. The Balaban J connectivity index is 2.71. The molecule has 2 rings (SSSR count). The van der Waals surface area contributed by atoms with Crippen molar-refractivity contribution in [1.29, 1.82) is 0 Å². The molecule has 0 aromatic heterocycles. The fourth-order valence-corrected chi connectivity index (χ4v) is 3.53. The van der Waals surface area contributed by atoms with Gasteiger partial charge in [-0.3, -0.25) is 0 Å². The third-order valence-corrected chi connectivity index (χ3v) is 6.59. The highest BCUT2D eigenvalue weighted by atomic mass is 35.5. The molecular formula is C12HCl9O2. The Bertz CT molecular complexity index is 694. The molecule has 23 heavy (non-hydrogen) atoms. The molecule has 1 N–H and O–H groups in total. The minimum absolute atomic E-state index is 0.0572. The van der Waals surface area contributed by atoms with Crippen molar-refractivity contribution in [3.05, 3.63) is 45.2 Å². The van der Waals surface area contributed by atoms with Crippen molar-refractivity contribution < 1.29 is 9.84 Å². The van der Waals surface area contributed by atoms with Crippen molar-refractivity contribution >= 4 is 104 Å². The lowest BCUT2D eigenvalue weighted by atomic mass is 10.3. The molecule has 0 saturated heterocycles. The smallest absolute Gasteiger partial charge is 0.190 e. The number of hydrogen-bond acceptors (Lipinski definition) is 2. The summed E-state index contributed by atoms with van der Waals surface area (Å²) in [6, 6.07) is 0. The number of phenolic OH excluding ortho intramolecular Hbond substituents is 1. The molecule has 0 aliphatic rings. The molecule has 2 nitrogen and oxygen atoms in total. The molecule has 0 heterocycles. The van der Waals surface area contributed by atoms with E-state index < -0.39 is 5.75 Å². The predicted octanol–water partition coefficient (Wildman–Crippen LogP) is 9.07. The third kappa shape index (κ3) is 3.48. The van der Waals surface area contributed by atoms with Gasteiger partial charge in [-0.15, -0.1) is 0 Å². The molecular weight excluding hydrogens is 495 g/mol. The van der Waals surface area contributed by atoms with E-state index in [1.807, 2.05) is 0 Å². The maximum Gasteiger partial charge on any atom is 0.190 e. The predicted molar refractivity (Wildman–Crippen MR) is 99.7 cm³/mol. The van der Waals surface area contributed by atoms with E-state index in [4.69, 9.17) is 109 Å². The van der Waals surface area contributed by atoms with Gasteiger partial charge in [0.05, 0.1) is 25.1 Å².